The van der Waals surface area contributed by atoms with Crippen molar-refractivity contribution in [2.45, 2.75) is 25.8 Å². The van der Waals surface area contributed by atoms with Crippen molar-refractivity contribution < 1.29 is 9.90 Å². The molecule has 0 radical (unpaired) electrons. The highest BCUT2D eigenvalue weighted by molar-refractivity contribution is 9.10. The minimum atomic E-state index is -0.150. The van der Waals surface area contributed by atoms with E-state index in [1.165, 1.54) is 0 Å². The number of fused-ring (bicyclic) bond motifs is 1. The van der Waals surface area contributed by atoms with Crippen LogP contribution in [0, 0.1) is 0 Å². The summed E-state index contributed by atoms with van der Waals surface area (Å²) in [6.07, 6.45) is 1.37. The van der Waals surface area contributed by atoms with Crippen molar-refractivity contribution in [3.05, 3.63) is 34.4 Å². The van der Waals surface area contributed by atoms with E-state index in [-0.39, 0.29) is 18.6 Å². The third-order valence-electron chi connectivity index (χ3n) is 3.18. The Morgan fingerprint density at radius 1 is 1.47 bits per heavy atom. The number of aromatic amines is 1. The smallest absolute Gasteiger partial charge is 0.269 e. The van der Waals surface area contributed by atoms with Gasteiger partial charge < -0.3 is 15.4 Å². The molecule has 2 rings (SSSR count). The number of aliphatic hydroxyl groups excluding tert-OH is 1. The molecule has 0 spiro atoms. The second-order valence-corrected chi connectivity index (χ2v) is 5.24. The molecular formula is C14H17BrN2O2. The van der Waals surface area contributed by atoms with Crippen LogP contribution in [0.3, 0.4) is 0 Å². The molecule has 0 fully saturated rings. The number of carbonyl (C=O) groups is 1. The Hall–Kier alpha value is -1.33. The van der Waals surface area contributed by atoms with Crippen LogP contribution in [0.1, 0.15) is 30.3 Å². The molecule has 5 heteroatoms. The van der Waals surface area contributed by atoms with Crippen molar-refractivity contribution >= 4 is 32.7 Å². The van der Waals surface area contributed by atoms with Crippen molar-refractivity contribution in [2.24, 2.45) is 0 Å². The van der Waals surface area contributed by atoms with E-state index in [0.717, 1.165) is 21.8 Å². The standard InChI is InChI=1S/C14H17BrN2O2/c1-2-9(7-8-18)16-14(19)13-12(15)10-5-3-4-6-11(10)17-13/h3-6,9,17-18H,2,7-8H2,1H3,(H,16,19). The molecule has 3 N–H and O–H groups in total. The van der Waals surface area contributed by atoms with Crippen LogP contribution in [-0.2, 0) is 0 Å². The Kier molecular flexibility index (Phi) is 4.61. The van der Waals surface area contributed by atoms with Crippen molar-refractivity contribution in [3.8, 4) is 0 Å². The molecule has 1 amide bonds. The molecule has 102 valence electrons. The highest BCUT2D eigenvalue weighted by Crippen LogP contribution is 2.27. The molecule has 0 aliphatic heterocycles. The third-order valence-corrected chi connectivity index (χ3v) is 4.00. The van der Waals surface area contributed by atoms with Crippen molar-refractivity contribution in [3.63, 3.8) is 0 Å². The number of para-hydroxylation sites is 1. The van der Waals surface area contributed by atoms with Gasteiger partial charge in [-0.25, -0.2) is 0 Å². The molecule has 1 unspecified atom stereocenters. The van der Waals surface area contributed by atoms with Crippen LogP contribution in [0.25, 0.3) is 10.9 Å². The van der Waals surface area contributed by atoms with Crippen LogP contribution in [-0.4, -0.2) is 28.6 Å². The van der Waals surface area contributed by atoms with Crippen LogP contribution in [0.2, 0.25) is 0 Å². The van der Waals surface area contributed by atoms with Gasteiger partial charge in [0.15, 0.2) is 0 Å². The number of aliphatic hydroxyl groups is 1. The lowest BCUT2D eigenvalue weighted by Gasteiger charge is -2.15. The van der Waals surface area contributed by atoms with E-state index in [9.17, 15) is 4.79 Å². The summed E-state index contributed by atoms with van der Waals surface area (Å²) >= 11 is 3.46. The maximum Gasteiger partial charge on any atom is 0.269 e. The largest absolute Gasteiger partial charge is 0.396 e. The summed E-state index contributed by atoms with van der Waals surface area (Å²) in [5.74, 6) is -0.150. The van der Waals surface area contributed by atoms with Gasteiger partial charge in [-0.3, -0.25) is 4.79 Å². The summed E-state index contributed by atoms with van der Waals surface area (Å²) < 4.78 is 0.777. The molecule has 0 aliphatic carbocycles. The first-order valence-electron chi connectivity index (χ1n) is 6.35. The molecule has 1 aromatic carbocycles. The molecule has 0 aliphatic rings. The molecule has 2 aromatic rings. The maximum atomic E-state index is 12.2. The number of aromatic nitrogens is 1. The number of amides is 1. The lowest BCUT2D eigenvalue weighted by Crippen LogP contribution is -2.35. The molecule has 0 saturated heterocycles. The van der Waals surface area contributed by atoms with Crippen molar-refractivity contribution in [2.75, 3.05) is 6.61 Å². The lowest BCUT2D eigenvalue weighted by atomic mass is 10.1. The zero-order valence-electron chi connectivity index (χ0n) is 10.7. The Balaban J connectivity index is 2.24. The zero-order chi connectivity index (χ0) is 13.8. The van der Waals surface area contributed by atoms with Gasteiger partial charge >= 0.3 is 0 Å². The highest BCUT2D eigenvalue weighted by Gasteiger charge is 2.18. The van der Waals surface area contributed by atoms with Crippen LogP contribution >= 0.6 is 15.9 Å². The van der Waals surface area contributed by atoms with Crippen LogP contribution in [0.4, 0.5) is 0 Å². The first-order chi connectivity index (χ1) is 9.17. The first-order valence-corrected chi connectivity index (χ1v) is 7.14. The quantitative estimate of drug-likeness (QED) is 0.791. The van der Waals surface area contributed by atoms with Crippen LogP contribution in [0.15, 0.2) is 28.7 Å². The van der Waals surface area contributed by atoms with Gasteiger partial charge in [0.25, 0.3) is 5.91 Å². The number of nitrogens with one attached hydrogen (secondary N) is 2. The summed E-state index contributed by atoms with van der Waals surface area (Å²) in [7, 11) is 0. The monoisotopic (exact) mass is 324 g/mol. The average molecular weight is 325 g/mol. The number of hydrogen-bond donors (Lipinski definition) is 3. The van der Waals surface area contributed by atoms with Gasteiger partial charge in [-0.05, 0) is 34.8 Å². The maximum absolute atomic E-state index is 12.2. The van der Waals surface area contributed by atoms with Gasteiger partial charge in [-0.2, -0.15) is 0 Å². The Morgan fingerprint density at radius 3 is 2.84 bits per heavy atom. The van der Waals surface area contributed by atoms with E-state index < -0.39 is 0 Å². The Morgan fingerprint density at radius 2 is 2.21 bits per heavy atom. The number of hydrogen-bond acceptors (Lipinski definition) is 2. The predicted octanol–water partition coefficient (Wildman–Crippen LogP) is 2.82. The first kappa shape index (κ1) is 14.1. The lowest BCUT2D eigenvalue weighted by molar-refractivity contribution is 0.0924. The van der Waals surface area contributed by atoms with E-state index in [1.807, 2.05) is 31.2 Å². The molecule has 19 heavy (non-hydrogen) atoms. The molecule has 1 atom stereocenters. The van der Waals surface area contributed by atoms with Crippen LogP contribution in [0.5, 0.6) is 0 Å². The highest BCUT2D eigenvalue weighted by atomic mass is 79.9. The minimum absolute atomic E-state index is 0.00388. The van der Waals surface area contributed by atoms with Gasteiger partial charge in [0.05, 0.1) is 4.47 Å². The van der Waals surface area contributed by atoms with Gasteiger partial charge in [-0.1, -0.05) is 25.1 Å². The second kappa shape index (κ2) is 6.21. The second-order valence-electron chi connectivity index (χ2n) is 4.45. The Bertz CT molecular complexity index is 580. The van der Waals surface area contributed by atoms with Gasteiger partial charge in [0, 0.05) is 23.6 Å². The molecular weight excluding hydrogens is 308 g/mol. The van der Waals surface area contributed by atoms with Gasteiger partial charge in [-0.15, -0.1) is 0 Å². The normalized spacial score (nSPS) is 12.6. The van der Waals surface area contributed by atoms with E-state index in [2.05, 4.69) is 26.2 Å². The number of H-pyrrole nitrogens is 1. The molecule has 4 nitrogen and oxygen atoms in total. The predicted molar refractivity (Wildman–Crippen MR) is 79.2 cm³/mol. The SMILES string of the molecule is CCC(CCO)NC(=O)c1[nH]c2ccccc2c1Br. The van der Waals surface area contributed by atoms with E-state index in [0.29, 0.717) is 12.1 Å². The van der Waals surface area contributed by atoms with E-state index >= 15 is 0 Å². The van der Waals surface area contributed by atoms with Crippen molar-refractivity contribution in [1.29, 1.82) is 0 Å². The fourth-order valence-electron chi connectivity index (χ4n) is 2.06. The minimum Gasteiger partial charge on any atom is -0.396 e. The average Bonchev–Trinajstić information content (AvgIpc) is 2.76. The fourth-order valence-corrected chi connectivity index (χ4v) is 2.68. The number of halogens is 1. The summed E-state index contributed by atoms with van der Waals surface area (Å²) in [4.78, 5) is 15.3. The number of benzene rings is 1. The number of carbonyl (C=O) groups excluding carboxylic acids is 1. The van der Waals surface area contributed by atoms with Crippen LogP contribution < -0.4 is 5.32 Å². The molecule has 1 heterocycles. The molecule has 1 aromatic heterocycles. The molecule has 0 saturated carbocycles. The summed E-state index contributed by atoms with van der Waals surface area (Å²) in [6.45, 7) is 2.06. The number of rotatable bonds is 5. The fraction of sp³-hybridized carbons (Fsp3) is 0.357. The molecule has 0 bridgehead atoms. The zero-order valence-corrected chi connectivity index (χ0v) is 12.3. The Labute approximate surface area is 120 Å². The topological polar surface area (TPSA) is 65.1 Å². The summed E-state index contributed by atoms with van der Waals surface area (Å²) in [6, 6.07) is 7.74. The van der Waals surface area contributed by atoms with E-state index in [1.54, 1.807) is 0 Å². The van der Waals surface area contributed by atoms with Gasteiger partial charge in [0.2, 0.25) is 0 Å². The van der Waals surface area contributed by atoms with Crippen molar-refractivity contribution in [1.82, 2.24) is 10.3 Å². The summed E-state index contributed by atoms with van der Waals surface area (Å²) in [5, 5.41) is 12.9. The summed E-state index contributed by atoms with van der Waals surface area (Å²) in [5.41, 5.74) is 1.45. The van der Waals surface area contributed by atoms with Gasteiger partial charge in [0.1, 0.15) is 5.69 Å². The third kappa shape index (κ3) is 2.98. The van der Waals surface area contributed by atoms with E-state index in [4.69, 9.17) is 5.11 Å².